The first kappa shape index (κ1) is 16.8. The number of amides is 1. The molecule has 2 aromatic carbocycles. The second-order valence-corrected chi connectivity index (χ2v) is 6.92. The SMILES string of the molecule is O=C(CSc1nnc(-c2ccccc2F)n1-c1ccccc1)N1CCC1. The average molecular weight is 368 g/mol. The van der Waals surface area contributed by atoms with Crippen LogP contribution >= 0.6 is 11.8 Å². The van der Waals surface area contributed by atoms with Crippen molar-refractivity contribution < 1.29 is 9.18 Å². The number of hydrogen-bond acceptors (Lipinski definition) is 4. The third-order valence-electron chi connectivity index (χ3n) is 4.30. The first-order valence-electron chi connectivity index (χ1n) is 8.40. The van der Waals surface area contributed by atoms with Crippen molar-refractivity contribution in [2.75, 3.05) is 18.8 Å². The molecular formula is C19H17FN4OS. The van der Waals surface area contributed by atoms with Gasteiger partial charge in [-0.3, -0.25) is 9.36 Å². The third kappa shape index (κ3) is 3.22. The minimum Gasteiger partial charge on any atom is -0.342 e. The summed E-state index contributed by atoms with van der Waals surface area (Å²) in [4.78, 5) is 14.0. The van der Waals surface area contributed by atoms with E-state index in [0.717, 1.165) is 25.2 Å². The van der Waals surface area contributed by atoms with E-state index in [9.17, 15) is 9.18 Å². The smallest absolute Gasteiger partial charge is 0.233 e. The monoisotopic (exact) mass is 368 g/mol. The van der Waals surface area contributed by atoms with Gasteiger partial charge in [0.15, 0.2) is 11.0 Å². The summed E-state index contributed by atoms with van der Waals surface area (Å²) in [6.07, 6.45) is 1.06. The zero-order chi connectivity index (χ0) is 17.9. The molecule has 1 aliphatic rings. The Labute approximate surface area is 154 Å². The second kappa shape index (κ2) is 7.29. The largest absolute Gasteiger partial charge is 0.342 e. The molecule has 0 N–H and O–H groups in total. The number of hydrogen-bond donors (Lipinski definition) is 0. The molecule has 1 saturated heterocycles. The maximum Gasteiger partial charge on any atom is 0.233 e. The highest BCUT2D eigenvalue weighted by Crippen LogP contribution is 2.29. The van der Waals surface area contributed by atoms with Gasteiger partial charge in [-0.05, 0) is 30.7 Å². The molecule has 3 aromatic rings. The summed E-state index contributed by atoms with van der Waals surface area (Å²) in [6, 6.07) is 16.0. The fourth-order valence-corrected chi connectivity index (χ4v) is 3.63. The molecule has 5 nitrogen and oxygen atoms in total. The van der Waals surface area contributed by atoms with Crippen molar-refractivity contribution in [1.82, 2.24) is 19.7 Å². The van der Waals surface area contributed by atoms with E-state index in [1.54, 1.807) is 22.8 Å². The van der Waals surface area contributed by atoms with E-state index in [1.807, 2.05) is 35.2 Å². The summed E-state index contributed by atoms with van der Waals surface area (Å²) in [6.45, 7) is 1.65. The molecule has 1 fully saturated rings. The number of likely N-dealkylation sites (tertiary alicyclic amines) is 1. The highest BCUT2D eigenvalue weighted by molar-refractivity contribution is 7.99. The van der Waals surface area contributed by atoms with Crippen LogP contribution in [0.5, 0.6) is 0 Å². The Hall–Kier alpha value is -2.67. The van der Waals surface area contributed by atoms with Crippen LogP contribution in [0.15, 0.2) is 59.8 Å². The van der Waals surface area contributed by atoms with Gasteiger partial charge in [-0.15, -0.1) is 10.2 Å². The number of carbonyl (C=O) groups excluding carboxylic acids is 1. The molecule has 0 unspecified atom stereocenters. The quantitative estimate of drug-likeness (QED) is 0.648. The number of thioether (sulfide) groups is 1. The normalized spacial score (nSPS) is 13.5. The first-order valence-corrected chi connectivity index (χ1v) is 9.39. The van der Waals surface area contributed by atoms with Crippen molar-refractivity contribution in [2.45, 2.75) is 11.6 Å². The minimum absolute atomic E-state index is 0.0938. The van der Waals surface area contributed by atoms with Crippen molar-refractivity contribution in [2.24, 2.45) is 0 Å². The zero-order valence-electron chi connectivity index (χ0n) is 14.0. The fourth-order valence-electron chi connectivity index (χ4n) is 2.77. The molecule has 0 radical (unpaired) electrons. The van der Waals surface area contributed by atoms with Gasteiger partial charge >= 0.3 is 0 Å². The Balaban J connectivity index is 1.70. The zero-order valence-corrected chi connectivity index (χ0v) is 14.8. The average Bonchev–Trinajstić information content (AvgIpc) is 3.03. The molecule has 2 heterocycles. The molecule has 132 valence electrons. The van der Waals surface area contributed by atoms with Gasteiger partial charge in [-0.25, -0.2) is 4.39 Å². The van der Waals surface area contributed by atoms with E-state index in [1.165, 1.54) is 17.8 Å². The topological polar surface area (TPSA) is 51.0 Å². The van der Waals surface area contributed by atoms with Crippen LogP contribution in [0.25, 0.3) is 17.1 Å². The van der Waals surface area contributed by atoms with Gasteiger partial charge in [0, 0.05) is 18.8 Å². The Bertz CT molecular complexity index is 924. The number of nitrogens with zero attached hydrogens (tertiary/aromatic N) is 4. The number of aromatic nitrogens is 3. The molecule has 0 atom stereocenters. The Morgan fingerprint density at radius 1 is 1.04 bits per heavy atom. The molecule has 4 rings (SSSR count). The lowest BCUT2D eigenvalue weighted by Gasteiger charge is -2.30. The van der Waals surface area contributed by atoms with E-state index in [-0.39, 0.29) is 11.7 Å². The predicted octanol–water partition coefficient (Wildman–Crippen LogP) is 3.40. The fraction of sp³-hybridized carbons (Fsp3) is 0.211. The molecule has 0 aliphatic carbocycles. The lowest BCUT2D eigenvalue weighted by atomic mass is 10.2. The van der Waals surface area contributed by atoms with Crippen molar-refractivity contribution in [3.63, 3.8) is 0 Å². The maximum absolute atomic E-state index is 14.3. The molecule has 0 bridgehead atoms. The summed E-state index contributed by atoms with van der Waals surface area (Å²) >= 11 is 1.32. The first-order chi connectivity index (χ1) is 12.7. The summed E-state index contributed by atoms with van der Waals surface area (Å²) in [7, 11) is 0. The molecule has 0 spiro atoms. The highest BCUT2D eigenvalue weighted by Gasteiger charge is 2.23. The standard InChI is InChI=1S/C19H17FN4OS/c20-16-10-5-4-9-15(16)18-21-22-19(24(18)14-7-2-1-3-8-14)26-13-17(25)23-11-6-12-23/h1-5,7-10H,6,11-13H2. The van der Waals surface area contributed by atoms with Crippen LogP contribution in [-0.2, 0) is 4.79 Å². The summed E-state index contributed by atoms with van der Waals surface area (Å²) in [5, 5.41) is 9.00. The maximum atomic E-state index is 14.3. The Kier molecular flexibility index (Phi) is 4.71. The molecule has 0 saturated carbocycles. The van der Waals surface area contributed by atoms with Gasteiger partial charge in [0.1, 0.15) is 5.82 Å². The number of benzene rings is 2. The number of halogens is 1. The number of carbonyl (C=O) groups is 1. The van der Waals surface area contributed by atoms with E-state index in [2.05, 4.69) is 10.2 Å². The van der Waals surface area contributed by atoms with Gasteiger partial charge in [0.2, 0.25) is 5.91 Å². The molecular weight excluding hydrogens is 351 g/mol. The van der Waals surface area contributed by atoms with Gasteiger partial charge < -0.3 is 4.90 Å². The minimum atomic E-state index is -0.356. The van der Waals surface area contributed by atoms with E-state index < -0.39 is 0 Å². The highest BCUT2D eigenvalue weighted by atomic mass is 32.2. The van der Waals surface area contributed by atoms with Crippen LogP contribution in [-0.4, -0.2) is 44.4 Å². The van der Waals surface area contributed by atoms with E-state index >= 15 is 0 Å². The van der Waals surface area contributed by atoms with E-state index in [4.69, 9.17) is 0 Å². The number of rotatable bonds is 5. The number of para-hydroxylation sites is 1. The second-order valence-electron chi connectivity index (χ2n) is 5.98. The summed E-state index contributed by atoms with van der Waals surface area (Å²) < 4.78 is 16.1. The van der Waals surface area contributed by atoms with Crippen LogP contribution in [0.2, 0.25) is 0 Å². The molecule has 1 amide bonds. The Morgan fingerprint density at radius 2 is 1.77 bits per heavy atom. The predicted molar refractivity (Wildman–Crippen MR) is 98.7 cm³/mol. The van der Waals surface area contributed by atoms with Crippen LogP contribution in [0.1, 0.15) is 6.42 Å². The lowest BCUT2D eigenvalue weighted by Crippen LogP contribution is -2.43. The van der Waals surface area contributed by atoms with Gasteiger partial charge in [0.05, 0.1) is 11.3 Å². The van der Waals surface area contributed by atoms with Crippen LogP contribution in [0.4, 0.5) is 4.39 Å². The van der Waals surface area contributed by atoms with Crippen molar-refractivity contribution in [3.05, 3.63) is 60.4 Å². The molecule has 26 heavy (non-hydrogen) atoms. The lowest BCUT2D eigenvalue weighted by molar-refractivity contribution is -0.131. The van der Waals surface area contributed by atoms with E-state index in [0.29, 0.717) is 22.3 Å². The van der Waals surface area contributed by atoms with Crippen LogP contribution in [0, 0.1) is 5.82 Å². The van der Waals surface area contributed by atoms with Crippen molar-refractivity contribution in [1.29, 1.82) is 0 Å². The van der Waals surface area contributed by atoms with Crippen LogP contribution in [0.3, 0.4) is 0 Å². The summed E-state index contributed by atoms with van der Waals surface area (Å²) in [5.41, 5.74) is 1.21. The van der Waals surface area contributed by atoms with Crippen molar-refractivity contribution >= 4 is 17.7 Å². The Morgan fingerprint density at radius 3 is 2.46 bits per heavy atom. The molecule has 7 heteroatoms. The van der Waals surface area contributed by atoms with Crippen LogP contribution < -0.4 is 0 Å². The third-order valence-corrected chi connectivity index (χ3v) is 5.21. The van der Waals surface area contributed by atoms with Gasteiger partial charge in [-0.1, -0.05) is 42.1 Å². The molecule has 1 aromatic heterocycles. The molecule has 1 aliphatic heterocycles. The van der Waals surface area contributed by atoms with Gasteiger partial charge in [-0.2, -0.15) is 0 Å². The van der Waals surface area contributed by atoms with Crippen molar-refractivity contribution in [3.8, 4) is 17.1 Å². The summed E-state index contributed by atoms with van der Waals surface area (Å²) in [5.74, 6) is 0.456. The van der Waals surface area contributed by atoms with Gasteiger partial charge in [0.25, 0.3) is 0 Å².